The first kappa shape index (κ1) is 10.3. The first-order valence-corrected chi connectivity index (χ1v) is 5.30. The van der Waals surface area contributed by atoms with Crippen LogP contribution in [-0.2, 0) is 0 Å². The van der Waals surface area contributed by atoms with Gasteiger partial charge in [0.2, 0.25) is 0 Å². The number of ether oxygens (including phenoxy) is 2. The summed E-state index contributed by atoms with van der Waals surface area (Å²) in [5.41, 5.74) is 5.56. The molecule has 3 nitrogen and oxygen atoms in total. The Hall–Kier alpha value is -1.22. The lowest BCUT2D eigenvalue weighted by molar-refractivity contribution is 0.290. The average molecular weight is 207 g/mol. The smallest absolute Gasteiger partial charge is 0.122 e. The molecule has 3 heteroatoms. The molecule has 0 amide bonds. The molecule has 2 unspecified atom stereocenters. The van der Waals surface area contributed by atoms with Gasteiger partial charge in [-0.05, 0) is 36.9 Å². The highest BCUT2D eigenvalue weighted by Crippen LogP contribution is 2.37. The van der Waals surface area contributed by atoms with Gasteiger partial charge in [-0.3, -0.25) is 0 Å². The molecule has 0 saturated heterocycles. The van der Waals surface area contributed by atoms with Crippen molar-refractivity contribution in [1.29, 1.82) is 0 Å². The van der Waals surface area contributed by atoms with Gasteiger partial charge in [-0.15, -0.1) is 0 Å². The van der Waals surface area contributed by atoms with Crippen LogP contribution >= 0.6 is 0 Å². The summed E-state index contributed by atoms with van der Waals surface area (Å²) in [6.45, 7) is 1.56. The Morgan fingerprint density at radius 2 is 2.13 bits per heavy atom. The molecule has 2 rings (SSSR count). The first-order valence-electron chi connectivity index (χ1n) is 5.30. The highest BCUT2D eigenvalue weighted by molar-refractivity contribution is 5.32. The zero-order chi connectivity index (χ0) is 10.7. The third-order valence-electron chi connectivity index (χ3n) is 2.88. The molecule has 82 valence electrons. The van der Waals surface area contributed by atoms with Crippen LogP contribution in [0.2, 0.25) is 0 Å². The normalized spacial score (nSPS) is 23.6. The Balaban J connectivity index is 1.83. The highest BCUT2D eigenvalue weighted by atomic mass is 16.5. The molecule has 2 atom stereocenters. The molecular weight excluding hydrogens is 190 g/mol. The minimum atomic E-state index is 0.654. The van der Waals surface area contributed by atoms with Gasteiger partial charge in [-0.2, -0.15) is 0 Å². The van der Waals surface area contributed by atoms with Crippen molar-refractivity contribution in [3.63, 3.8) is 0 Å². The molecule has 1 aliphatic carbocycles. The molecule has 0 aliphatic heterocycles. The molecule has 1 aromatic carbocycles. The summed E-state index contributed by atoms with van der Waals surface area (Å²) in [6.07, 6.45) is 1.21. The van der Waals surface area contributed by atoms with E-state index in [2.05, 4.69) is 0 Å². The zero-order valence-electron chi connectivity index (χ0n) is 8.98. The third-order valence-corrected chi connectivity index (χ3v) is 2.88. The van der Waals surface area contributed by atoms with Crippen LogP contribution < -0.4 is 15.2 Å². The maximum absolute atomic E-state index is 5.67. The summed E-state index contributed by atoms with van der Waals surface area (Å²) in [6, 6.07) is 7.69. The SMILES string of the molecule is COc1cccc(OCC2CC2CN)c1. The van der Waals surface area contributed by atoms with Gasteiger partial charge in [0.05, 0.1) is 13.7 Å². The summed E-state index contributed by atoms with van der Waals surface area (Å²) < 4.78 is 10.8. The van der Waals surface area contributed by atoms with E-state index in [4.69, 9.17) is 15.2 Å². The lowest BCUT2D eigenvalue weighted by atomic mass is 10.3. The van der Waals surface area contributed by atoms with E-state index in [1.165, 1.54) is 6.42 Å². The van der Waals surface area contributed by atoms with Crippen molar-refractivity contribution >= 4 is 0 Å². The van der Waals surface area contributed by atoms with Crippen LogP contribution in [0.4, 0.5) is 0 Å². The lowest BCUT2D eigenvalue weighted by Crippen LogP contribution is -2.07. The predicted octanol–water partition coefficient (Wildman–Crippen LogP) is 1.67. The van der Waals surface area contributed by atoms with E-state index in [0.29, 0.717) is 11.8 Å². The van der Waals surface area contributed by atoms with E-state index in [9.17, 15) is 0 Å². The maximum atomic E-state index is 5.67. The minimum absolute atomic E-state index is 0.654. The van der Waals surface area contributed by atoms with Gasteiger partial charge in [0.1, 0.15) is 11.5 Å². The van der Waals surface area contributed by atoms with Crippen LogP contribution in [0.25, 0.3) is 0 Å². The lowest BCUT2D eigenvalue weighted by Gasteiger charge is -2.06. The highest BCUT2D eigenvalue weighted by Gasteiger charge is 2.36. The summed E-state index contributed by atoms with van der Waals surface area (Å²) in [5.74, 6) is 3.03. The molecular formula is C12H17NO2. The van der Waals surface area contributed by atoms with E-state index >= 15 is 0 Å². The van der Waals surface area contributed by atoms with Crippen molar-refractivity contribution in [2.45, 2.75) is 6.42 Å². The Morgan fingerprint density at radius 1 is 1.33 bits per heavy atom. The van der Waals surface area contributed by atoms with E-state index in [-0.39, 0.29) is 0 Å². The Kier molecular flexibility index (Phi) is 3.11. The van der Waals surface area contributed by atoms with Crippen molar-refractivity contribution in [2.75, 3.05) is 20.3 Å². The topological polar surface area (TPSA) is 44.5 Å². The van der Waals surface area contributed by atoms with Gasteiger partial charge in [0, 0.05) is 6.07 Å². The molecule has 0 radical (unpaired) electrons. The van der Waals surface area contributed by atoms with Gasteiger partial charge in [0.25, 0.3) is 0 Å². The number of rotatable bonds is 5. The summed E-state index contributed by atoms with van der Waals surface area (Å²) in [5, 5.41) is 0. The second kappa shape index (κ2) is 4.53. The number of nitrogens with two attached hydrogens (primary N) is 1. The zero-order valence-corrected chi connectivity index (χ0v) is 8.98. The molecule has 1 fully saturated rings. The van der Waals surface area contributed by atoms with Crippen LogP contribution in [0.3, 0.4) is 0 Å². The molecule has 1 aromatic rings. The largest absolute Gasteiger partial charge is 0.497 e. The first-order chi connectivity index (χ1) is 7.33. The van der Waals surface area contributed by atoms with Crippen LogP contribution in [0.1, 0.15) is 6.42 Å². The summed E-state index contributed by atoms with van der Waals surface area (Å²) >= 11 is 0. The molecule has 15 heavy (non-hydrogen) atoms. The minimum Gasteiger partial charge on any atom is -0.497 e. The second-order valence-electron chi connectivity index (χ2n) is 3.98. The fourth-order valence-corrected chi connectivity index (χ4v) is 1.70. The summed E-state index contributed by atoms with van der Waals surface area (Å²) in [7, 11) is 1.66. The van der Waals surface area contributed by atoms with Crippen LogP contribution in [-0.4, -0.2) is 20.3 Å². The maximum Gasteiger partial charge on any atom is 0.122 e. The molecule has 1 saturated carbocycles. The van der Waals surface area contributed by atoms with Crippen molar-refractivity contribution in [1.82, 2.24) is 0 Å². The fourth-order valence-electron chi connectivity index (χ4n) is 1.70. The van der Waals surface area contributed by atoms with Crippen LogP contribution in [0, 0.1) is 11.8 Å². The number of hydrogen-bond acceptors (Lipinski definition) is 3. The van der Waals surface area contributed by atoms with E-state index < -0.39 is 0 Å². The number of benzene rings is 1. The van der Waals surface area contributed by atoms with Crippen molar-refractivity contribution in [3.8, 4) is 11.5 Å². The van der Waals surface area contributed by atoms with Crippen molar-refractivity contribution in [3.05, 3.63) is 24.3 Å². The quantitative estimate of drug-likeness (QED) is 0.798. The molecule has 1 aliphatic rings. The predicted molar refractivity (Wildman–Crippen MR) is 59.1 cm³/mol. The second-order valence-corrected chi connectivity index (χ2v) is 3.98. The standard InChI is InChI=1S/C12H17NO2/c1-14-11-3-2-4-12(6-11)15-8-10-5-9(10)7-13/h2-4,6,9-10H,5,7-8,13H2,1H3. The van der Waals surface area contributed by atoms with Crippen LogP contribution in [0.5, 0.6) is 11.5 Å². The van der Waals surface area contributed by atoms with Gasteiger partial charge in [-0.1, -0.05) is 6.07 Å². The molecule has 0 bridgehead atoms. The monoisotopic (exact) mass is 207 g/mol. The fraction of sp³-hybridized carbons (Fsp3) is 0.500. The Labute approximate surface area is 90.2 Å². The van der Waals surface area contributed by atoms with Gasteiger partial charge < -0.3 is 15.2 Å². The van der Waals surface area contributed by atoms with Crippen LogP contribution in [0.15, 0.2) is 24.3 Å². The van der Waals surface area contributed by atoms with E-state index in [0.717, 1.165) is 24.7 Å². The van der Waals surface area contributed by atoms with Gasteiger partial charge >= 0.3 is 0 Å². The van der Waals surface area contributed by atoms with Crippen molar-refractivity contribution < 1.29 is 9.47 Å². The molecule has 0 heterocycles. The average Bonchev–Trinajstić information content (AvgIpc) is 3.05. The number of methoxy groups -OCH3 is 1. The Bertz CT molecular complexity index is 327. The van der Waals surface area contributed by atoms with E-state index in [1.54, 1.807) is 7.11 Å². The molecule has 0 aromatic heterocycles. The van der Waals surface area contributed by atoms with Gasteiger partial charge in [0.15, 0.2) is 0 Å². The van der Waals surface area contributed by atoms with E-state index in [1.807, 2.05) is 24.3 Å². The van der Waals surface area contributed by atoms with Gasteiger partial charge in [-0.25, -0.2) is 0 Å². The molecule has 0 spiro atoms. The van der Waals surface area contributed by atoms with Crippen molar-refractivity contribution in [2.24, 2.45) is 17.6 Å². The Morgan fingerprint density at radius 3 is 2.80 bits per heavy atom. The third kappa shape index (κ3) is 2.63. The summed E-state index contributed by atoms with van der Waals surface area (Å²) in [4.78, 5) is 0. The molecule has 2 N–H and O–H groups in total. The number of hydrogen-bond donors (Lipinski definition) is 1.